The van der Waals surface area contributed by atoms with Crippen molar-refractivity contribution in [3.63, 3.8) is 0 Å². The van der Waals surface area contributed by atoms with Crippen LogP contribution in [0.4, 0.5) is 0 Å². The maximum absolute atomic E-state index is 4.12. The summed E-state index contributed by atoms with van der Waals surface area (Å²) in [5.74, 6) is 1.82. The van der Waals surface area contributed by atoms with E-state index in [-0.39, 0.29) is 0 Å². The Morgan fingerprint density at radius 3 is 3.18 bits per heavy atom. The Kier molecular flexibility index (Phi) is 4.50. The van der Waals surface area contributed by atoms with Gasteiger partial charge in [-0.2, -0.15) is 0 Å². The zero-order valence-electron chi connectivity index (χ0n) is 10.9. The summed E-state index contributed by atoms with van der Waals surface area (Å²) in [5.41, 5.74) is 0. The molecule has 0 aliphatic carbocycles. The van der Waals surface area contributed by atoms with E-state index >= 15 is 0 Å². The van der Waals surface area contributed by atoms with Crippen LogP contribution in [0.3, 0.4) is 0 Å². The van der Waals surface area contributed by atoms with Crippen molar-refractivity contribution < 1.29 is 0 Å². The molecule has 0 bridgehead atoms. The molecule has 1 aliphatic rings. The lowest BCUT2D eigenvalue weighted by atomic mass is 9.98. The van der Waals surface area contributed by atoms with Crippen LogP contribution >= 0.6 is 0 Å². The first kappa shape index (κ1) is 12.5. The Morgan fingerprint density at radius 2 is 2.41 bits per heavy atom. The third-order valence-electron chi connectivity index (χ3n) is 3.47. The zero-order chi connectivity index (χ0) is 12.1. The molecule has 2 rings (SSSR count). The van der Waals surface area contributed by atoms with Crippen molar-refractivity contribution >= 4 is 0 Å². The number of rotatable bonds is 5. The molecule has 2 heterocycles. The summed E-state index contributed by atoms with van der Waals surface area (Å²) >= 11 is 0. The van der Waals surface area contributed by atoms with E-state index in [1.165, 1.54) is 25.9 Å². The number of aromatic nitrogens is 3. The van der Waals surface area contributed by atoms with Gasteiger partial charge in [0.25, 0.3) is 0 Å². The molecular weight excluding hydrogens is 214 g/mol. The van der Waals surface area contributed by atoms with Crippen molar-refractivity contribution in [2.75, 3.05) is 26.7 Å². The van der Waals surface area contributed by atoms with Gasteiger partial charge in [-0.15, -0.1) is 10.2 Å². The average Bonchev–Trinajstić information content (AvgIpc) is 2.77. The van der Waals surface area contributed by atoms with Gasteiger partial charge in [-0.25, -0.2) is 0 Å². The molecule has 0 aromatic carbocycles. The van der Waals surface area contributed by atoms with Gasteiger partial charge >= 0.3 is 0 Å². The largest absolute Gasteiger partial charge is 0.317 e. The third-order valence-corrected chi connectivity index (χ3v) is 3.47. The van der Waals surface area contributed by atoms with Crippen molar-refractivity contribution in [2.24, 2.45) is 5.92 Å². The van der Waals surface area contributed by atoms with Crippen LogP contribution in [-0.4, -0.2) is 46.3 Å². The number of hydrogen-bond acceptors (Lipinski definition) is 4. The van der Waals surface area contributed by atoms with Crippen LogP contribution in [0.25, 0.3) is 0 Å². The minimum atomic E-state index is 0.784. The molecule has 1 fully saturated rings. The maximum Gasteiger partial charge on any atom is 0.146 e. The molecule has 5 heteroatoms. The lowest BCUT2D eigenvalue weighted by Gasteiger charge is -2.29. The van der Waals surface area contributed by atoms with E-state index in [1.54, 1.807) is 6.33 Å². The highest BCUT2D eigenvalue weighted by molar-refractivity contribution is 4.85. The molecule has 0 radical (unpaired) electrons. The van der Waals surface area contributed by atoms with Gasteiger partial charge in [0.05, 0.1) is 6.54 Å². The highest BCUT2D eigenvalue weighted by atomic mass is 15.3. The Hall–Kier alpha value is -0.940. The van der Waals surface area contributed by atoms with Gasteiger partial charge in [-0.1, -0.05) is 0 Å². The number of aryl methyl sites for hydroxylation is 1. The molecule has 0 saturated carbocycles. The van der Waals surface area contributed by atoms with Crippen LogP contribution in [0, 0.1) is 5.92 Å². The predicted molar refractivity (Wildman–Crippen MR) is 67.6 cm³/mol. The molecular formula is C12H23N5. The van der Waals surface area contributed by atoms with Gasteiger partial charge < -0.3 is 14.8 Å². The molecule has 1 atom stereocenters. The minimum Gasteiger partial charge on any atom is -0.317 e. The first-order chi connectivity index (χ1) is 8.29. The lowest BCUT2D eigenvalue weighted by Crippen LogP contribution is -2.37. The first-order valence-electron chi connectivity index (χ1n) is 6.55. The average molecular weight is 237 g/mol. The summed E-state index contributed by atoms with van der Waals surface area (Å²) in [4.78, 5) is 2.42. The van der Waals surface area contributed by atoms with Gasteiger partial charge in [0.1, 0.15) is 12.2 Å². The molecule has 1 aromatic rings. The van der Waals surface area contributed by atoms with Gasteiger partial charge in [-0.3, -0.25) is 0 Å². The van der Waals surface area contributed by atoms with Gasteiger partial charge in [0.2, 0.25) is 0 Å². The van der Waals surface area contributed by atoms with Crippen LogP contribution in [0.1, 0.15) is 25.6 Å². The second-order valence-corrected chi connectivity index (χ2v) is 4.93. The van der Waals surface area contributed by atoms with E-state index in [9.17, 15) is 0 Å². The predicted octanol–water partition coefficient (Wildman–Crippen LogP) is 0.729. The van der Waals surface area contributed by atoms with Crippen molar-refractivity contribution in [1.82, 2.24) is 25.0 Å². The fourth-order valence-corrected chi connectivity index (χ4v) is 2.51. The Labute approximate surface area is 103 Å². The van der Waals surface area contributed by atoms with Crippen molar-refractivity contribution in [1.29, 1.82) is 0 Å². The fraction of sp³-hybridized carbons (Fsp3) is 0.833. The lowest BCUT2D eigenvalue weighted by molar-refractivity contribution is 0.206. The first-order valence-corrected chi connectivity index (χ1v) is 6.55. The van der Waals surface area contributed by atoms with Crippen molar-refractivity contribution in [2.45, 2.75) is 32.9 Å². The number of nitrogens with zero attached hydrogens (tertiary/aromatic N) is 4. The number of hydrogen-bond donors (Lipinski definition) is 1. The maximum atomic E-state index is 4.12. The van der Waals surface area contributed by atoms with Crippen LogP contribution in [0.5, 0.6) is 0 Å². The van der Waals surface area contributed by atoms with Crippen molar-refractivity contribution in [3.05, 3.63) is 12.2 Å². The van der Waals surface area contributed by atoms with E-state index < -0.39 is 0 Å². The topological polar surface area (TPSA) is 46.0 Å². The molecule has 1 saturated heterocycles. The Bertz CT molecular complexity index is 335. The number of nitrogens with one attached hydrogen (secondary N) is 1. The summed E-state index contributed by atoms with van der Waals surface area (Å²) in [5, 5.41) is 11.6. The molecule has 0 amide bonds. The second-order valence-electron chi connectivity index (χ2n) is 4.93. The number of piperidine rings is 1. The van der Waals surface area contributed by atoms with E-state index in [4.69, 9.17) is 0 Å². The fourth-order valence-electron chi connectivity index (χ4n) is 2.51. The summed E-state index contributed by atoms with van der Waals surface area (Å²) in [6.07, 6.45) is 4.47. The molecule has 1 unspecified atom stereocenters. The van der Waals surface area contributed by atoms with E-state index in [2.05, 4.69) is 39.0 Å². The highest BCUT2D eigenvalue weighted by Gasteiger charge is 2.16. The van der Waals surface area contributed by atoms with Crippen LogP contribution in [0.15, 0.2) is 6.33 Å². The molecule has 0 spiro atoms. The highest BCUT2D eigenvalue weighted by Crippen LogP contribution is 2.13. The van der Waals surface area contributed by atoms with Crippen LogP contribution in [-0.2, 0) is 13.1 Å². The summed E-state index contributed by atoms with van der Waals surface area (Å²) in [6.45, 7) is 7.43. The summed E-state index contributed by atoms with van der Waals surface area (Å²) in [7, 11) is 2.21. The minimum absolute atomic E-state index is 0.784. The van der Waals surface area contributed by atoms with Crippen molar-refractivity contribution in [3.8, 4) is 0 Å². The molecule has 1 aromatic heterocycles. The molecule has 96 valence electrons. The normalized spacial score (nSPS) is 21.9. The molecule has 1 aliphatic heterocycles. The quantitative estimate of drug-likeness (QED) is 0.820. The third kappa shape index (κ3) is 3.51. The van der Waals surface area contributed by atoms with Crippen LogP contribution < -0.4 is 5.32 Å². The molecule has 17 heavy (non-hydrogen) atoms. The molecule has 5 nitrogen and oxygen atoms in total. The Morgan fingerprint density at radius 1 is 1.53 bits per heavy atom. The zero-order valence-corrected chi connectivity index (χ0v) is 10.9. The van der Waals surface area contributed by atoms with Gasteiger partial charge in [-0.05, 0) is 45.8 Å². The van der Waals surface area contributed by atoms with E-state index in [0.717, 1.165) is 31.4 Å². The second kappa shape index (κ2) is 6.12. The monoisotopic (exact) mass is 237 g/mol. The number of likely N-dealkylation sites (tertiary alicyclic amines) is 1. The van der Waals surface area contributed by atoms with Gasteiger partial charge in [0, 0.05) is 13.1 Å². The standard InChI is InChI=1S/C12H23N5/c1-3-17-10-14-15-12(17)8-13-7-11-5-4-6-16(2)9-11/h10-11,13H,3-9H2,1-2H3. The summed E-state index contributed by atoms with van der Waals surface area (Å²) in [6, 6.07) is 0. The van der Waals surface area contributed by atoms with Crippen LogP contribution in [0.2, 0.25) is 0 Å². The SMILES string of the molecule is CCn1cnnc1CNCC1CCCN(C)C1. The van der Waals surface area contributed by atoms with E-state index in [1.807, 2.05) is 0 Å². The molecule has 1 N–H and O–H groups in total. The Balaban J connectivity index is 1.72. The smallest absolute Gasteiger partial charge is 0.146 e. The van der Waals surface area contributed by atoms with Gasteiger partial charge in [0.15, 0.2) is 0 Å². The summed E-state index contributed by atoms with van der Waals surface area (Å²) < 4.78 is 2.08. The van der Waals surface area contributed by atoms with E-state index in [0.29, 0.717) is 0 Å².